The Hall–Kier alpha value is -4.18. The van der Waals surface area contributed by atoms with E-state index >= 15 is 0 Å². The van der Waals surface area contributed by atoms with Crippen LogP contribution >= 0.6 is 0 Å². The number of ether oxygens (including phenoxy) is 1. The Labute approximate surface area is 225 Å². The number of amides is 1. The van der Waals surface area contributed by atoms with Crippen LogP contribution < -0.4 is 10.5 Å². The standard InChI is InChI=1S/C29H30FN7O2/c1-4-23-22(16-37(35-23)28-32-10-5-11-33-28)27(38)36-14-20-21(15-36)26(20)39-25-13-18(29(2,3)31)12-24(34-25)17-6-8-19(30)9-7-17/h5-13,16,20-21,26H,4,14-15,31H2,1-3H3. The maximum atomic E-state index is 13.5. The molecule has 39 heavy (non-hydrogen) atoms. The number of benzene rings is 1. The molecule has 2 atom stereocenters. The summed E-state index contributed by atoms with van der Waals surface area (Å²) >= 11 is 0. The number of hydrogen-bond donors (Lipinski definition) is 1. The predicted molar refractivity (Wildman–Crippen MR) is 143 cm³/mol. The highest BCUT2D eigenvalue weighted by atomic mass is 19.1. The van der Waals surface area contributed by atoms with Crippen LogP contribution in [0.15, 0.2) is 61.1 Å². The van der Waals surface area contributed by atoms with Crippen LogP contribution in [-0.2, 0) is 12.0 Å². The summed E-state index contributed by atoms with van der Waals surface area (Å²) in [7, 11) is 0. The van der Waals surface area contributed by atoms with Crippen LogP contribution in [0.5, 0.6) is 5.88 Å². The first-order chi connectivity index (χ1) is 18.7. The molecule has 4 aromatic rings. The molecule has 1 aliphatic carbocycles. The molecule has 4 heterocycles. The zero-order chi connectivity index (χ0) is 27.3. The quantitative estimate of drug-likeness (QED) is 0.389. The molecule has 2 fully saturated rings. The number of likely N-dealkylation sites (tertiary alicyclic amines) is 1. The number of carbonyl (C=O) groups excluding carboxylic acids is 1. The summed E-state index contributed by atoms with van der Waals surface area (Å²) in [5.74, 6) is 1.04. The first-order valence-corrected chi connectivity index (χ1v) is 13.1. The smallest absolute Gasteiger partial charge is 0.257 e. The minimum atomic E-state index is -0.606. The molecule has 1 aliphatic heterocycles. The summed E-state index contributed by atoms with van der Waals surface area (Å²) in [4.78, 5) is 28.5. The SMILES string of the molecule is CCc1nn(-c2ncccn2)cc1C(=O)N1CC2C(C1)C2Oc1cc(C(C)(C)N)cc(-c2ccc(F)cc2)n1. The van der Waals surface area contributed by atoms with E-state index in [2.05, 4.69) is 15.1 Å². The maximum Gasteiger partial charge on any atom is 0.257 e. The summed E-state index contributed by atoms with van der Waals surface area (Å²) in [5, 5.41) is 4.54. The third-order valence-corrected chi connectivity index (χ3v) is 7.46. The number of rotatable bonds is 7. The Kier molecular flexibility index (Phi) is 6.14. The molecule has 9 nitrogen and oxygen atoms in total. The van der Waals surface area contributed by atoms with Gasteiger partial charge >= 0.3 is 0 Å². The largest absolute Gasteiger partial charge is 0.474 e. The van der Waals surface area contributed by atoms with E-state index in [1.54, 1.807) is 41.5 Å². The number of halogens is 1. The number of aromatic nitrogens is 5. The maximum absolute atomic E-state index is 13.5. The van der Waals surface area contributed by atoms with Gasteiger partial charge < -0.3 is 15.4 Å². The molecule has 10 heteroatoms. The van der Waals surface area contributed by atoms with Gasteiger partial charge in [-0.05, 0) is 62.2 Å². The van der Waals surface area contributed by atoms with Crippen molar-refractivity contribution in [2.45, 2.75) is 38.8 Å². The lowest BCUT2D eigenvalue weighted by Crippen LogP contribution is -2.33. The Morgan fingerprint density at radius 2 is 1.82 bits per heavy atom. The van der Waals surface area contributed by atoms with Crippen molar-refractivity contribution in [2.24, 2.45) is 17.6 Å². The van der Waals surface area contributed by atoms with Crippen LogP contribution in [0.3, 0.4) is 0 Å². The average Bonchev–Trinajstić information content (AvgIpc) is 3.28. The van der Waals surface area contributed by atoms with E-state index in [-0.39, 0.29) is 29.7 Å². The van der Waals surface area contributed by atoms with Crippen LogP contribution in [0.4, 0.5) is 4.39 Å². The molecular weight excluding hydrogens is 497 g/mol. The summed E-state index contributed by atoms with van der Waals surface area (Å²) in [6, 6.07) is 11.7. The number of piperidine rings is 1. The minimum Gasteiger partial charge on any atom is -0.474 e. The molecule has 0 radical (unpaired) electrons. The topological polar surface area (TPSA) is 112 Å². The summed E-state index contributed by atoms with van der Waals surface area (Å²) in [6.07, 6.45) is 5.61. The third-order valence-electron chi connectivity index (χ3n) is 7.46. The van der Waals surface area contributed by atoms with Gasteiger partial charge in [-0.1, -0.05) is 6.92 Å². The molecule has 2 unspecified atom stereocenters. The lowest BCUT2D eigenvalue weighted by Gasteiger charge is -2.22. The number of fused-ring (bicyclic) bond motifs is 1. The zero-order valence-corrected chi connectivity index (χ0v) is 22.1. The molecule has 1 aromatic carbocycles. The fraction of sp³-hybridized carbons (Fsp3) is 0.345. The summed E-state index contributed by atoms with van der Waals surface area (Å²) in [5.41, 5.74) is 9.43. The normalized spacial score (nSPS) is 20.1. The Bertz CT molecular complexity index is 1500. The van der Waals surface area contributed by atoms with Gasteiger partial charge in [0, 0.05) is 60.7 Å². The zero-order valence-electron chi connectivity index (χ0n) is 22.1. The van der Waals surface area contributed by atoms with Gasteiger partial charge in [-0.15, -0.1) is 0 Å². The van der Waals surface area contributed by atoms with Gasteiger partial charge in [0.2, 0.25) is 11.8 Å². The van der Waals surface area contributed by atoms with E-state index in [1.807, 2.05) is 37.8 Å². The highest BCUT2D eigenvalue weighted by molar-refractivity contribution is 5.95. The van der Waals surface area contributed by atoms with Gasteiger partial charge in [0.15, 0.2) is 0 Å². The first-order valence-electron chi connectivity index (χ1n) is 13.1. The molecule has 1 amide bonds. The fourth-order valence-corrected chi connectivity index (χ4v) is 5.19. The van der Waals surface area contributed by atoms with Gasteiger partial charge in [0.1, 0.15) is 11.9 Å². The average molecular weight is 528 g/mol. The van der Waals surface area contributed by atoms with Crippen molar-refractivity contribution in [1.29, 1.82) is 0 Å². The van der Waals surface area contributed by atoms with Crippen molar-refractivity contribution < 1.29 is 13.9 Å². The predicted octanol–water partition coefficient (Wildman–Crippen LogP) is 3.77. The molecule has 2 aliphatic rings. The molecule has 1 saturated heterocycles. The second-order valence-electron chi connectivity index (χ2n) is 10.8. The van der Waals surface area contributed by atoms with Gasteiger partial charge in [0.25, 0.3) is 5.91 Å². The molecule has 0 spiro atoms. The first kappa shape index (κ1) is 25.1. The Morgan fingerprint density at radius 1 is 1.13 bits per heavy atom. The van der Waals surface area contributed by atoms with Gasteiger partial charge in [-0.3, -0.25) is 4.79 Å². The van der Waals surface area contributed by atoms with E-state index in [1.165, 1.54) is 12.1 Å². The van der Waals surface area contributed by atoms with Crippen molar-refractivity contribution in [2.75, 3.05) is 13.1 Å². The lowest BCUT2D eigenvalue weighted by atomic mass is 9.95. The van der Waals surface area contributed by atoms with E-state index < -0.39 is 5.54 Å². The van der Waals surface area contributed by atoms with Gasteiger partial charge in [-0.2, -0.15) is 5.10 Å². The third kappa shape index (κ3) is 4.87. The molecule has 1 saturated carbocycles. The van der Waals surface area contributed by atoms with Crippen LogP contribution in [0.1, 0.15) is 42.4 Å². The van der Waals surface area contributed by atoms with Crippen molar-refractivity contribution in [3.63, 3.8) is 0 Å². The number of nitrogens with two attached hydrogens (primary N) is 1. The van der Waals surface area contributed by atoms with Crippen LogP contribution in [-0.4, -0.2) is 54.7 Å². The highest BCUT2D eigenvalue weighted by Gasteiger charge is 2.59. The van der Waals surface area contributed by atoms with Crippen molar-refractivity contribution in [3.05, 3.63) is 83.7 Å². The van der Waals surface area contributed by atoms with Gasteiger partial charge in [-0.25, -0.2) is 24.0 Å². The van der Waals surface area contributed by atoms with Gasteiger partial charge in [0.05, 0.1) is 17.0 Å². The van der Waals surface area contributed by atoms with Crippen molar-refractivity contribution >= 4 is 5.91 Å². The van der Waals surface area contributed by atoms with E-state index in [4.69, 9.17) is 15.5 Å². The molecule has 2 N–H and O–H groups in total. The highest BCUT2D eigenvalue weighted by Crippen LogP contribution is 2.48. The molecule has 200 valence electrons. The van der Waals surface area contributed by atoms with Crippen molar-refractivity contribution in [3.8, 4) is 23.1 Å². The summed E-state index contributed by atoms with van der Waals surface area (Å²) in [6.45, 7) is 7.04. The second-order valence-corrected chi connectivity index (χ2v) is 10.8. The monoisotopic (exact) mass is 527 g/mol. The fourth-order valence-electron chi connectivity index (χ4n) is 5.19. The van der Waals surface area contributed by atoms with Crippen LogP contribution in [0.2, 0.25) is 0 Å². The molecule has 6 rings (SSSR count). The number of hydrogen-bond acceptors (Lipinski definition) is 7. The number of aryl methyl sites for hydroxylation is 1. The summed E-state index contributed by atoms with van der Waals surface area (Å²) < 4.78 is 21.4. The van der Waals surface area contributed by atoms with E-state index in [0.717, 1.165) is 16.8 Å². The molecular formula is C29H30FN7O2. The minimum absolute atomic E-state index is 0.0233. The van der Waals surface area contributed by atoms with Crippen LogP contribution in [0.25, 0.3) is 17.2 Å². The second kappa shape index (κ2) is 9.53. The van der Waals surface area contributed by atoms with Crippen LogP contribution in [0, 0.1) is 17.7 Å². The number of nitrogens with zero attached hydrogens (tertiary/aromatic N) is 6. The Morgan fingerprint density at radius 3 is 2.46 bits per heavy atom. The number of pyridine rings is 1. The number of carbonyl (C=O) groups is 1. The molecule has 0 bridgehead atoms. The Balaban J connectivity index is 1.17. The van der Waals surface area contributed by atoms with Crippen molar-refractivity contribution in [1.82, 2.24) is 29.6 Å². The molecule has 3 aromatic heterocycles. The van der Waals surface area contributed by atoms with E-state index in [0.29, 0.717) is 42.6 Å². The lowest BCUT2D eigenvalue weighted by molar-refractivity contribution is 0.0750. The van der Waals surface area contributed by atoms with E-state index in [9.17, 15) is 9.18 Å².